The van der Waals surface area contributed by atoms with Crippen LogP contribution in [0.25, 0.3) is 16.4 Å². The summed E-state index contributed by atoms with van der Waals surface area (Å²) in [5.74, 6) is 0.731. The second kappa shape index (κ2) is 8.38. The molecule has 2 aromatic heterocycles. The Morgan fingerprint density at radius 1 is 1.03 bits per heavy atom. The van der Waals surface area contributed by atoms with Gasteiger partial charge in [0.2, 0.25) is 0 Å². The third-order valence-electron chi connectivity index (χ3n) is 4.12. The van der Waals surface area contributed by atoms with Gasteiger partial charge < -0.3 is 0 Å². The van der Waals surface area contributed by atoms with Gasteiger partial charge in [0, 0.05) is 23.4 Å². The molecule has 144 valence electrons. The minimum absolute atomic E-state index is 0.0430. The van der Waals surface area contributed by atoms with E-state index >= 15 is 0 Å². The normalized spacial score (nSPS) is 10.8. The molecule has 4 rings (SSSR count). The highest BCUT2D eigenvalue weighted by molar-refractivity contribution is 7.99. The fraction of sp³-hybridized carbons (Fsp3) is 0.0500. The van der Waals surface area contributed by atoms with Gasteiger partial charge >= 0.3 is 0 Å². The molecule has 2 heterocycles. The summed E-state index contributed by atoms with van der Waals surface area (Å²) in [4.78, 5) is 23.8. The van der Waals surface area contributed by atoms with E-state index in [1.54, 1.807) is 11.3 Å². The van der Waals surface area contributed by atoms with Crippen LogP contribution in [-0.2, 0) is 0 Å². The van der Waals surface area contributed by atoms with Crippen LogP contribution in [0, 0.1) is 10.1 Å². The van der Waals surface area contributed by atoms with Gasteiger partial charge in [0.1, 0.15) is 0 Å². The van der Waals surface area contributed by atoms with E-state index in [0.29, 0.717) is 10.7 Å². The molecule has 0 fully saturated rings. The number of thiophene rings is 1. The van der Waals surface area contributed by atoms with Gasteiger partial charge in [-0.15, -0.1) is 21.5 Å². The molecule has 0 unspecified atom stereocenters. The van der Waals surface area contributed by atoms with Gasteiger partial charge in [-0.2, -0.15) is 0 Å². The van der Waals surface area contributed by atoms with Crippen molar-refractivity contribution in [3.05, 3.63) is 87.8 Å². The number of carbonyl (C=O) groups is 1. The topological polar surface area (TPSA) is 90.9 Å². The summed E-state index contributed by atoms with van der Waals surface area (Å²) in [5, 5.41) is 22.0. The molecule has 0 bridgehead atoms. The van der Waals surface area contributed by atoms with E-state index in [2.05, 4.69) is 10.2 Å². The fourth-order valence-electron chi connectivity index (χ4n) is 2.72. The van der Waals surface area contributed by atoms with Gasteiger partial charge in [-0.3, -0.25) is 19.5 Å². The average Bonchev–Trinajstić information content (AvgIpc) is 3.42. The second-order valence-corrected chi connectivity index (χ2v) is 7.86. The van der Waals surface area contributed by atoms with Crippen LogP contribution in [0.5, 0.6) is 0 Å². The molecule has 0 aliphatic rings. The standard InChI is InChI=1S/C20H14N4O3S2/c25-17(14-8-10-16(11-9-14)24(26)27)13-29-20-22-21-19(18-7-4-12-28-18)23(20)15-5-2-1-3-6-15/h1-12H,13H2. The van der Waals surface area contributed by atoms with E-state index < -0.39 is 4.92 Å². The monoisotopic (exact) mass is 422 g/mol. The van der Waals surface area contributed by atoms with Crippen molar-refractivity contribution in [1.29, 1.82) is 0 Å². The minimum Gasteiger partial charge on any atom is -0.293 e. The Morgan fingerprint density at radius 2 is 1.79 bits per heavy atom. The summed E-state index contributed by atoms with van der Waals surface area (Å²) >= 11 is 2.85. The van der Waals surface area contributed by atoms with Crippen molar-refractivity contribution in [2.24, 2.45) is 0 Å². The molecule has 0 aliphatic carbocycles. The van der Waals surface area contributed by atoms with Crippen LogP contribution in [0.3, 0.4) is 0 Å². The molecule has 7 nitrogen and oxygen atoms in total. The van der Waals surface area contributed by atoms with Gasteiger partial charge in [0.05, 0.1) is 15.6 Å². The number of nitro groups is 1. The molecule has 29 heavy (non-hydrogen) atoms. The van der Waals surface area contributed by atoms with Crippen LogP contribution in [0.1, 0.15) is 10.4 Å². The van der Waals surface area contributed by atoms with Crippen LogP contribution in [0.15, 0.2) is 77.3 Å². The lowest BCUT2D eigenvalue weighted by Gasteiger charge is -2.09. The van der Waals surface area contributed by atoms with E-state index in [9.17, 15) is 14.9 Å². The number of rotatable bonds is 7. The third-order valence-corrected chi connectivity index (χ3v) is 5.92. The van der Waals surface area contributed by atoms with Gasteiger partial charge in [0.25, 0.3) is 5.69 Å². The van der Waals surface area contributed by atoms with Gasteiger partial charge in [0.15, 0.2) is 16.8 Å². The summed E-state index contributed by atoms with van der Waals surface area (Å²) < 4.78 is 1.93. The lowest BCUT2D eigenvalue weighted by Crippen LogP contribution is -2.05. The largest absolute Gasteiger partial charge is 0.293 e. The maximum absolute atomic E-state index is 12.5. The zero-order chi connectivity index (χ0) is 20.2. The Morgan fingerprint density at radius 3 is 2.45 bits per heavy atom. The summed E-state index contributed by atoms with van der Waals surface area (Å²) in [6.45, 7) is 0. The number of hydrogen-bond acceptors (Lipinski definition) is 7. The van der Waals surface area contributed by atoms with E-state index in [4.69, 9.17) is 0 Å². The minimum atomic E-state index is -0.489. The predicted octanol–water partition coefficient (Wildman–Crippen LogP) is 4.88. The lowest BCUT2D eigenvalue weighted by atomic mass is 10.1. The SMILES string of the molecule is O=C(CSc1nnc(-c2cccs2)n1-c1ccccc1)c1ccc([N+](=O)[O-])cc1. The average molecular weight is 422 g/mol. The first-order chi connectivity index (χ1) is 14.1. The highest BCUT2D eigenvalue weighted by Crippen LogP contribution is 2.30. The van der Waals surface area contributed by atoms with Crippen LogP contribution in [0.4, 0.5) is 5.69 Å². The third kappa shape index (κ3) is 4.10. The zero-order valence-corrected chi connectivity index (χ0v) is 16.6. The smallest absolute Gasteiger partial charge is 0.269 e. The van der Waals surface area contributed by atoms with Crippen molar-refractivity contribution in [3.63, 3.8) is 0 Å². The number of ketones is 1. The molecule has 9 heteroatoms. The van der Waals surface area contributed by atoms with Crippen molar-refractivity contribution in [2.75, 3.05) is 5.75 Å². The summed E-state index contributed by atoms with van der Waals surface area (Å²) in [6.07, 6.45) is 0. The maximum atomic E-state index is 12.5. The van der Waals surface area contributed by atoms with Gasteiger partial charge in [-0.1, -0.05) is 36.0 Å². The lowest BCUT2D eigenvalue weighted by molar-refractivity contribution is -0.384. The number of non-ortho nitro benzene ring substituents is 1. The Bertz CT molecular complexity index is 1140. The molecule has 0 amide bonds. The molecule has 2 aromatic carbocycles. The van der Waals surface area contributed by atoms with Crippen LogP contribution in [0.2, 0.25) is 0 Å². The second-order valence-electron chi connectivity index (χ2n) is 5.97. The maximum Gasteiger partial charge on any atom is 0.269 e. The number of thioether (sulfide) groups is 1. The molecular weight excluding hydrogens is 408 g/mol. The molecule has 0 saturated heterocycles. The van der Waals surface area contributed by atoms with E-state index in [-0.39, 0.29) is 17.2 Å². The van der Waals surface area contributed by atoms with Crippen molar-refractivity contribution in [3.8, 4) is 16.4 Å². The van der Waals surface area contributed by atoms with Gasteiger partial charge in [-0.25, -0.2) is 0 Å². The highest BCUT2D eigenvalue weighted by atomic mass is 32.2. The van der Waals surface area contributed by atoms with Crippen molar-refractivity contribution < 1.29 is 9.72 Å². The molecule has 0 saturated carbocycles. The van der Waals surface area contributed by atoms with Crippen molar-refractivity contribution >= 4 is 34.6 Å². The molecule has 4 aromatic rings. The molecule has 0 aliphatic heterocycles. The van der Waals surface area contributed by atoms with Crippen molar-refractivity contribution in [2.45, 2.75) is 5.16 Å². The van der Waals surface area contributed by atoms with Crippen molar-refractivity contribution in [1.82, 2.24) is 14.8 Å². The quantitative estimate of drug-likeness (QED) is 0.182. The van der Waals surface area contributed by atoms with Gasteiger partial charge in [-0.05, 0) is 35.7 Å². The molecule has 0 N–H and O–H groups in total. The highest BCUT2D eigenvalue weighted by Gasteiger charge is 2.18. The molecule has 0 spiro atoms. The Kier molecular flexibility index (Phi) is 5.50. The Balaban J connectivity index is 1.59. The molecule has 0 radical (unpaired) electrons. The summed E-state index contributed by atoms with van der Waals surface area (Å²) in [5.41, 5.74) is 1.29. The Labute approximate surface area is 174 Å². The molecular formula is C20H14N4O3S2. The van der Waals surface area contributed by atoms with Crippen LogP contribution < -0.4 is 0 Å². The number of nitro benzene ring substituents is 1. The fourth-order valence-corrected chi connectivity index (χ4v) is 4.27. The van der Waals surface area contributed by atoms with E-state index in [0.717, 1.165) is 16.4 Å². The first kappa shape index (κ1) is 19.0. The first-order valence-corrected chi connectivity index (χ1v) is 10.4. The first-order valence-electron chi connectivity index (χ1n) is 8.58. The number of hydrogen-bond donors (Lipinski definition) is 0. The summed E-state index contributed by atoms with van der Waals surface area (Å²) in [7, 11) is 0. The number of benzene rings is 2. The van der Waals surface area contributed by atoms with Crippen LogP contribution >= 0.6 is 23.1 Å². The van der Waals surface area contributed by atoms with E-state index in [1.807, 2.05) is 52.4 Å². The number of aromatic nitrogens is 3. The molecule has 0 atom stereocenters. The van der Waals surface area contributed by atoms with E-state index in [1.165, 1.54) is 36.0 Å². The number of carbonyl (C=O) groups excluding carboxylic acids is 1. The zero-order valence-electron chi connectivity index (χ0n) is 15.0. The van der Waals surface area contributed by atoms with Crippen LogP contribution in [-0.4, -0.2) is 31.2 Å². The predicted molar refractivity (Wildman–Crippen MR) is 113 cm³/mol. The number of nitrogens with zero attached hydrogens (tertiary/aromatic N) is 4. The Hall–Kier alpha value is -3.30. The summed E-state index contributed by atoms with van der Waals surface area (Å²) in [6, 6.07) is 19.3. The number of para-hydroxylation sites is 1. The number of Topliss-reactive ketones (excluding diaryl/α,β-unsaturated/α-hetero) is 1.